The summed E-state index contributed by atoms with van der Waals surface area (Å²) in [6.45, 7) is 6.64. The first-order chi connectivity index (χ1) is 8.78. The molecule has 0 spiro atoms. The zero-order chi connectivity index (χ0) is 13.0. The molecule has 0 N–H and O–H groups in total. The quantitative estimate of drug-likeness (QED) is 0.700. The molecule has 0 aliphatic rings. The lowest BCUT2D eigenvalue weighted by molar-refractivity contribution is 1.10. The highest BCUT2D eigenvalue weighted by molar-refractivity contribution is 5.68. The van der Waals surface area contributed by atoms with E-state index in [0.29, 0.717) is 0 Å². The Hall–Kier alpha value is -1.56. The SMILES string of the molecule is CCc1ccc(-c2cc(CC)ccc2CC)cc1. The second-order valence-corrected chi connectivity index (χ2v) is 4.75. The van der Waals surface area contributed by atoms with Gasteiger partial charge in [-0.25, -0.2) is 0 Å². The van der Waals surface area contributed by atoms with E-state index in [1.807, 2.05) is 0 Å². The Balaban J connectivity index is 2.46. The van der Waals surface area contributed by atoms with Gasteiger partial charge < -0.3 is 0 Å². The van der Waals surface area contributed by atoms with Crippen molar-refractivity contribution in [2.75, 3.05) is 0 Å². The summed E-state index contributed by atoms with van der Waals surface area (Å²) in [6, 6.07) is 15.9. The molecule has 94 valence electrons. The monoisotopic (exact) mass is 238 g/mol. The highest BCUT2D eigenvalue weighted by Crippen LogP contribution is 2.26. The molecule has 0 heterocycles. The number of rotatable bonds is 4. The fourth-order valence-corrected chi connectivity index (χ4v) is 2.34. The third-order valence-electron chi connectivity index (χ3n) is 3.64. The van der Waals surface area contributed by atoms with Gasteiger partial charge in [0, 0.05) is 0 Å². The van der Waals surface area contributed by atoms with E-state index in [1.165, 1.54) is 27.8 Å². The van der Waals surface area contributed by atoms with Crippen LogP contribution in [-0.4, -0.2) is 0 Å². The van der Waals surface area contributed by atoms with Crippen LogP contribution in [0.25, 0.3) is 11.1 Å². The van der Waals surface area contributed by atoms with Crippen LogP contribution in [0.5, 0.6) is 0 Å². The first-order valence-electron chi connectivity index (χ1n) is 6.99. The van der Waals surface area contributed by atoms with Crippen molar-refractivity contribution in [3.63, 3.8) is 0 Å². The number of benzene rings is 2. The van der Waals surface area contributed by atoms with Gasteiger partial charge in [0.2, 0.25) is 0 Å². The van der Waals surface area contributed by atoms with E-state index >= 15 is 0 Å². The van der Waals surface area contributed by atoms with E-state index < -0.39 is 0 Å². The summed E-state index contributed by atoms with van der Waals surface area (Å²) in [5, 5.41) is 0. The van der Waals surface area contributed by atoms with Gasteiger partial charge in [-0.05, 0) is 47.1 Å². The molecule has 2 aromatic carbocycles. The maximum absolute atomic E-state index is 2.35. The standard InChI is InChI=1S/C18H22/c1-4-14-7-11-17(12-8-14)18-13-15(5-2)9-10-16(18)6-3/h7-13H,4-6H2,1-3H3. The Morgan fingerprint density at radius 2 is 1.28 bits per heavy atom. The summed E-state index contributed by atoms with van der Waals surface area (Å²) in [4.78, 5) is 0. The average Bonchev–Trinajstić information content (AvgIpc) is 2.46. The van der Waals surface area contributed by atoms with Crippen molar-refractivity contribution in [3.05, 3.63) is 59.2 Å². The van der Waals surface area contributed by atoms with Crippen LogP contribution in [0.4, 0.5) is 0 Å². The molecule has 0 aliphatic carbocycles. The summed E-state index contributed by atoms with van der Waals surface area (Å²) in [7, 11) is 0. The Morgan fingerprint density at radius 1 is 0.667 bits per heavy atom. The van der Waals surface area contributed by atoms with Crippen molar-refractivity contribution in [1.82, 2.24) is 0 Å². The normalized spacial score (nSPS) is 10.6. The third-order valence-corrected chi connectivity index (χ3v) is 3.64. The molecule has 2 aromatic rings. The van der Waals surface area contributed by atoms with E-state index in [-0.39, 0.29) is 0 Å². The van der Waals surface area contributed by atoms with Gasteiger partial charge in [0.25, 0.3) is 0 Å². The third kappa shape index (κ3) is 2.64. The van der Waals surface area contributed by atoms with E-state index in [2.05, 4.69) is 63.2 Å². The summed E-state index contributed by atoms with van der Waals surface area (Å²) in [5.41, 5.74) is 7.01. The number of hydrogen-bond acceptors (Lipinski definition) is 0. The first-order valence-corrected chi connectivity index (χ1v) is 6.99. The van der Waals surface area contributed by atoms with Crippen LogP contribution in [-0.2, 0) is 19.3 Å². The minimum Gasteiger partial charge on any atom is -0.0613 e. The van der Waals surface area contributed by atoms with Crippen molar-refractivity contribution >= 4 is 0 Å². The zero-order valence-electron chi connectivity index (χ0n) is 11.7. The van der Waals surface area contributed by atoms with E-state index in [9.17, 15) is 0 Å². The molecule has 0 unspecified atom stereocenters. The molecule has 0 aromatic heterocycles. The molecule has 0 heteroatoms. The Morgan fingerprint density at radius 3 is 1.83 bits per heavy atom. The Labute approximate surface area is 111 Å². The Kier molecular flexibility index (Phi) is 4.19. The number of hydrogen-bond donors (Lipinski definition) is 0. The predicted octanol–water partition coefficient (Wildman–Crippen LogP) is 5.04. The zero-order valence-corrected chi connectivity index (χ0v) is 11.7. The van der Waals surface area contributed by atoms with Gasteiger partial charge in [-0.15, -0.1) is 0 Å². The van der Waals surface area contributed by atoms with Crippen molar-refractivity contribution in [3.8, 4) is 11.1 Å². The highest BCUT2D eigenvalue weighted by Gasteiger charge is 2.04. The molecule has 0 amide bonds. The van der Waals surface area contributed by atoms with Crippen LogP contribution < -0.4 is 0 Å². The maximum Gasteiger partial charge on any atom is -0.0149 e. The van der Waals surface area contributed by atoms with Crippen LogP contribution in [0.2, 0.25) is 0 Å². The summed E-state index contributed by atoms with van der Waals surface area (Å²) in [6.07, 6.45) is 3.30. The van der Waals surface area contributed by atoms with Crippen molar-refractivity contribution in [2.45, 2.75) is 40.0 Å². The molecule has 2 rings (SSSR count). The minimum atomic E-state index is 1.09. The topological polar surface area (TPSA) is 0 Å². The van der Waals surface area contributed by atoms with E-state index in [1.54, 1.807) is 0 Å². The highest BCUT2D eigenvalue weighted by atomic mass is 14.1. The van der Waals surface area contributed by atoms with Crippen LogP contribution >= 0.6 is 0 Å². The first kappa shape index (κ1) is 12.9. The van der Waals surface area contributed by atoms with E-state index in [0.717, 1.165) is 19.3 Å². The van der Waals surface area contributed by atoms with Gasteiger partial charge in [0.05, 0.1) is 0 Å². The van der Waals surface area contributed by atoms with Gasteiger partial charge in [-0.2, -0.15) is 0 Å². The molecule has 18 heavy (non-hydrogen) atoms. The molecular weight excluding hydrogens is 216 g/mol. The van der Waals surface area contributed by atoms with Gasteiger partial charge in [-0.3, -0.25) is 0 Å². The average molecular weight is 238 g/mol. The number of aryl methyl sites for hydroxylation is 3. The van der Waals surface area contributed by atoms with Crippen LogP contribution in [0.15, 0.2) is 42.5 Å². The minimum absolute atomic E-state index is 1.09. The molecule has 0 saturated carbocycles. The summed E-state index contributed by atoms with van der Waals surface area (Å²) in [5.74, 6) is 0. The van der Waals surface area contributed by atoms with Crippen molar-refractivity contribution < 1.29 is 0 Å². The molecule has 0 radical (unpaired) electrons. The second-order valence-electron chi connectivity index (χ2n) is 4.75. The lowest BCUT2D eigenvalue weighted by Gasteiger charge is -2.11. The van der Waals surface area contributed by atoms with Gasteiger partial charge >= 0.3 is 0 Å². The summed E-state index contributed by atoms with van der Waals surface area (Å²) < 4.78 is 0. The lowest BCUT2D eigenvalue weighted by Crippen LogP contribution is -1.91. The predicted molar refractivity (Wildman–Crippen MR) is 80.0 cm³/mol. The van der Waals surface area contributed by atoms with Gasteiger partial charge in [-0.1, -0.05) is 63.2 Å². The van der Waals surface area contributed by atoms with Crippen LogP contribution in [0.3, 0.4) is 0 Å². The van der Waals surface area contributed by atoms with Gasteiger partial charge in [0.15, 0.2) is 0 Å². The largest absolute Gasteiger partial charge is 0.0613 e. The molecule has 0 aliphatic heterocycles. The molecule has 0 atom stereocenters. The molecular formula is C18H22. The van der Waals surface area contributed by atoms with Crippen molar-refractivity contribution in [1.29, 1.82) is 0 Å². The lowest BCUT2D eigenvalue weighted by atomic mass is 9.94. The molecule has 0 fully saturated rings. The van der Waals surface area contributed by atoms with Crippen molar-refractivity contribution in [2.24, 2.45) is 0 Å². The summed E-state index contributed by atoms with van der Waals surface area (Å²) >= 11 is 0. The molecule has 0 bridgehead atoms. The smallest absolute Gasteiger partial charge is 0.0149 e. The van der Waals surface area contributed by atoms with Crippen LogP contribution in [0, 0.1) is 0 Å². The molecule has 0 nitrogen and oxygen atoms in total. The Bertz CT molecular complexity index is 506. The van der Waals surface area contributed by atoms with Gasteiger partial charge in [0.1, 0.15) is 0 Å². The second kappa shape index (κ2) is 5.86. The van der Waals surface area contributed by atoms with Crippen LogP contribution in [0.1, 0.15) is 37.5 Å². The van der Waals surface area contributed by atoms with E-state index in [4.69, 9.17) is 0 Å². The maximum atomic E-state index is 2.35. The fourth-order valence-electron chi connectivity index (χ4n) is 2.34. The fraction of sp³-hybridized carbons (Fsp3) is 0.333. The molecule has 0 saturated heterocycles.